The van der Waals surface area contributed by atoms with Gasteiger partial charge in [-0.1, -0.05) is 26.0 Å². The zero-order chi connectivity index (χ0) is 18.7. The fourth-order valence-corrected chi connectivity index (χ4v) is 6.86. The maximum atomic E-state index is 11.9. The molecule has 0 saturated heterocycles. The first-order valence-electron chi connectivity index (χ1n) is 10.1. The van der Waals surface area contributed by atoms with Crippen LogP contribution < -0.4 is 0 Å². The van der Waals surface area contributed by atoms with E-state index in [1.165, 1.54) is 5.57 Å². The molecule has 2 fully saturated rings. The summed E-state index contributed by atoms with van der Waals surface area (Å²) >= 11 is 0. The number of rotatable bonds is 3. The molecule has 0 amide bonds. The number of aliphatic hydroxyl groups excluding tert-OH is 1. The van der Waals surface area contributed by atoms with Gasteiger partial charge in [0, 0.05) is 6.42 Å². The SMILES string of the molecule is C[C@]12CC[C@H]3[C@@H](C=CC4=CC(=O)CC[C@@]43C)[C@@H]1CC[C@H]2CC(O)C(=O)O. The van der Waals surface area contributed by atoms with Crippen molar-refractivity contribution in [1.82, 2.24) is 0 Å². The van der Waals surface area contributed by atoms with Crippen LogP contribution in [0.25, 0.3) is 0 Å². The van der Waals surface area contributed by atoms with E-state index in [0.717, 1.165) is 32.1 Å². The number of aliphatic hydroxyl groups is 1. The number of aliphatic carboxylic acids is 1. The minimum absolute atomic E-state index is 0.104. The van der Waals surface area contributed by atoms with Crippen LogP contribution in [0, 0.1) is 34.5 Å². The van der Waals surface area contributed by atoms with Crippen molar-refractivity contribution >= 4 is 11.8 Å². The van der Waals surface area contributed by atoms with E-state index in [4.69, 9.17) is 5.11 Å². The average molecular weight is 358 g/mol. The Hall–Kier alpha value is -1.42. The van der Waals surface area contributed by atoms with Crippen molar-refractivity contribution < 1.29 is 19.8 Å². The lowest BCUT2D eigenvalue weighted by Gasteiger charge is -2.56. The van der Waals surface area contributed by atoms with Gasteiger partial charge in [-0.25, -0.2) is 4.79 Å². The van der Waals surface area contributed by atoms with Gasteiger partial charge >= 0.3 is 5.97 Å². The minimum atomic E-state index is -1.24. The number of ketones is 1. The third kappa shape index (κ3) is 2.52. The molecule has 0 bridgehead atoms. The van der Waals surface area contributed by atoms with Crippen molar-refractivity contribution in [3.05, 3.63) is 23.8 Å². The number of carbonyl (C=O) groups excluding carboxylic acids is 1. The second-order valence-electron chi connectivity index (χ2n) is 9.54. The average Bonchev–Trinajstić information content (AvgIpc) is 2.92. The van der Waals surface area contributed by atoms with Crippen LogP contribution in [-0.2, 0) is 9.59 Å². The Balaban J connectivity index is 1.62. The lowest BCUT2D eigenvalue weighted by molar-refractivity contribution is -0.148. The van der Waals surface area contributed by atoms with Crippen LogP contribution in [0.4, 0.5) is 0 Å². The largest absolute Gasteiger partial charge is 0.479 e. The molecule has 0 aromatic carbocycles. The van der Waals surface area contributed by atoms with Crippen LogP contribution in [0.2, 0.25) is 0 Å². The highest BCUT2D eigenvalue weighted by molar-refractivity contribution is 5.92. The highest BCUT2D eigenvalue weighted by atomic mass is 16.4. The summed E-state index contributed by atoms with van der Waals surface area (Å²) in [5, 5.41) is 19.0. The van der Waals surface area contributed by atoms with Gasteiger partial charge in [-0.15, -0.1) is 0 Å². The maximum absolute atomic E-state index is 11.9. The minimum Gasteiger partial charge on any atom is -0.479 e. The Morgan fingerprint density at radius 3 is 2.73 bits per heavy atom. The monoisotopic (exact) mass is 358 g/mol. The Bertz CT molecular complexity index is 692. The maximum Gasteiger partial charge on any atom is 0.332 e. The van der Waals surface area contributed by atoms with Gasteiger partial charge in [0.05, 0.1) is 0 Å². The number of carbonyl (C=O) groups is 2. The van der Waals surface area contributed by atoms with E-state index >= 15 is 0 Å². The number of carboxylic acids is 1. The summed E-state index contributed by atoms with van der Waals surface area (Å²) in [4.78, 5) is 23.0. The number of hydrogen-bond acceptors (Lipinski definition) is 3. The fourth-order valence-electron chi connectivity index (χ4n) is 6.86. The first kappa shape index (κ1) is 18.0. The summed E-state index contributed by atoms with van der Waals surface area (Å²) in [5.74, 6) is 1.08. The number of hydrogen-bond donors (Lipinski definition) is 2. The zero-order valence-electron chi connectivity index (χ0n) is 15.8. The summed E-state index contributed by atoms with van der Waals surface area (Å²) in [6.45, 7) is 4.67. The summed E-state index contributed by atoms with van der Waals surface area (Å²) < 4.78 is 0. The van der Waals surface area contributed by atoms with Crippen LogP contribution in [0.15, 0.2) is 23.8 Å². The van der Waals surface area contributed by atoms with Gasteiger partial charge in [0.25, 0.3) is 0 Å². The molecule has 0 aliphatic heterocycles. The molecule has 4 aliphatic carbocycles. The summed E-state index contributed by atoms with van der Waals surface area (Å²) in [6.07, 6.45) is 11.5. The Kier molecular flexibility index (Phi) is 4.18. The highest BCUT2D eigenvalue weighted by Gasteiger charge is 2.58. The molecule has 26 heavy (non-hydrogen) atoms. The van der Waals surface area contributed by atoms with Crippen molar-refractivity contribution in [3.8, 4) is 0 Å². The van der Waals surface area contributed by atoms with E-state index in [1.807, 2.05) is 6.08 Å². The van der Waals surface area contributed by atoms with E-state index in [9.17, 15) is 14.7 Å². The van der Waals surface area contributed by atoms with E-state index in [2.05, 4.69) is 26.0 Å². The first-order valence-corrected chi connectivity index (χ1v) is 10.1. The number of allylic oxidation sites excluding steroid dienone is 4. The third-order valence-corrected chi connectivity index (χ3v) is 8.50. The second kappa shape index (κ2) is 6.05. The van der Waals surface area contributed by atoms with E-state index in [-0.39, 0.29) is 22.5 Å². The van der Waals surface area contributed by atoms with Gasteiger partial charge < -0.3 is 10.2 Å². The Labute approximate surface area is 155 Å². The molecule has 1 unspecified atom stereocenters. The molecule has 0 aromatic rings. The van der Waals surface area contributed by atoms with Crippen molar-refractivity contribution in [3.63, 3.8) is 0 Å². The molecule has 0 heterocycles. The highest BCUT2D eigenvalue weighted by Crippen LogP contribution is 2.65. The Morgan fingerprint density at radius 1 is 1.23 bits per heavy atom. The molecule has 4 heteroatoms. The topological polar surface area (TPSA) is 74.6 Å². The van der Waals surface area contributed by atoms with Gasteiger partial charge in [0.15, 0.2) is 11.9 Å². The van der Waals surface area contributed by atoms with Crippen LogP contribution in [0.1, 0.15) is 58.8 Å². The molecule has 0 aromatic heterocycles. The Morgan fingerprint density at radius 2 is 2.00 bits per heavy atom. The van der Waals surface area contributed by atoms with E-state index in [1.54, 1.807) is 0 Å². The van der Waals surface area contributed by atoms with Gasteiger partial charge in [0.2, 0.25) is 0 Å². The lowest BCUT2D eigenvalue weighted by atomic mass is 9.48. The lowest BCUT2D eigenvalue weighted by Crippen LogP contribution is -2.49. The van der Waals surface area contributed by atoms with E-state index in [0.29, 0.717) is 30.6 Å². The molecule has 2 N–H and O–H groups in total. The van der Waals surface area contributed by atoms with Crippen LogP contribution in [0.5, 0.6) is 0 Å². The molecular formula is C22H30O4. The summed E-state index contributed by atoms with van der Waals surface area (Å²) in [6, 6.07) is 0. The predicted octanol–water partition coefficient (Wildman–Crippen LogP) is 3.75. The van der Waals surface area contributed by atoms with Crippen LogP contribution in [0.3, 0.4) is 0 Å². The molecule has 4 rings (SSSR count). The molecular weight excluding hydrogens is 328 g/mol. The van der Waals surface area contributed by atoms with Gasteiger partial charge in [-0.2, -0.15) is 0 Å². The predicted molar refractivity (Wildman–Crippen MR) is 98.4 cm³/mol. The summed E-state index contributed by atoms with van der Waals surface area (Å²) in [7, 11) is 0. The summed E-state index contributed by atoms with van der Waals surface area (Å²) in [5.41, 5.74) is 1.44. The van der Waals surface area contributed by atoms with Gasteiger partial charge in [-0.05, 0) is 84.7 Å². The third-order valence-electron chi connectivity index (χ3n) is 8.50. The van der Waals surface area contributed by atoms with Crippen molar-refractivity contribution in [2.45, 2.75) is 64.9 Å². The fraction of sp³-hybridized carbons (Fsp3) is 0.727. The number of fused-ring (bicyclic) bond motifs is 5. The van der Waals surface area contributed by atoms with Crippen molar-refractivity contribution in [2.75, 3.05) is 0 Å². The van der Waals surface area contributed by atoms with Crippen LogP contribution in [-0.4, -0.2) is 28.1 Å². The quantitative estimate of drug-likeness (QED) is 0.806. The standard InChI is InChI=1S/C22H30O4/c1-21-9-7-15(23)11-13(21)3-5-16-17-6-4-14(12-19(24)20(25)26)22(17,2)10-8-18(16)21/h3,5,11,14,16-19,24H,4,6-10,12H2,1-2H3,(H,25,26)/t14-,16-,17-,18-,19?,21-,22+/m0/s1. The molecule has 142 valence electrons. The van der Waals surface area contributed by atoms with Crippen molar-refractivity contribution in [1.29, 1.82) is 0 Å². The normalized spacial score (nSPS) is 45.3. The second-order valence-corrected chi connectivity index (χ2v) is 9.54. The van der Waals surface area contributed by atoms with Gasteiger partial charge in [0.1, 0.15) is 0 Å². The number of carboxylic acid groups (broad SMARTS) is 1. The molecule has 7 atom stereocenters. The molecule has 2 saturated carbocycles. The van der Waals surface area contributed by atoms with Crippen LogP contribution >= 0.6 is 0 Å². The smallest absolute Gasteiger partial charge is 0.332 e. The molecule has 0 radical (unpaired) electrons. The molecule has 4 aliphatic rings. The molecule has 4 nitrogen and oxygen atoms in total. The first-order chi connectivity index (χ1) is 12.3. The van der Waals surface area contributed by atoms with E-state index < -0.39 is 12.1 Å². The zero-order valence-corrected chi connectivity index (χ0v) is 15.8. The van der Waals surface area contributed by atoms with Gasteiger partial charge in [-0.3, -0.25) is 4.79 Å². The van der Waals surface area contributed by atoms with Crippen molar-refractivity contribution in [2.24, 2.45) is 34.5 Å². The molecule has 0 spiro atoms.